The lowest BCUT2D eigenvalue weighted by atomic mass is 10.2. The van der Waals surface area contributed by atoms with E-state index in [1.54, 1.807) is 6.07 Å². The van der Waals surface area contributed by atoms with Gasteiger partial charge in [-0.1, -0.05) is 12.2 Å². The number of benzene rings is 1. The molecule has 19 heavy (non-hydrogen) atoms. The number of methoxy groups -OCH3 is 2. The SMILES string of the molecule is C/C=C/CCNc1cc(OC)c(OC)cc1[N+](=O)[O-]. The minimum Gasteiger partial charge on any atom is -0.493 e. The van der Waals surface area contributed by atoms with Gasteiger partial charge in [-0.3, -0.25) is 10.1 Å². The molecule has 0 fully saturated rings. The number of anilines is 1. The molecule has 0 saturated carbocycles. The third kappa shape index (κ3) is 3.87. The lowest BCUT2D eigenvalue weighted by Crippen LogP contribution is -2.04. The first-order valence-electron chi connectivity index (χ1n) is 5.89. The van der Waals surface area contributed by atoms with Crippen molar-refractivity contribution in [3.63, 3.8) is 0 Å². The van der Waals surface area contributed by atoms with E-state index < -0.39 is 4.92 Å². The highest BCUT2D eigenvalue weighted by Gasteiger charge is 2.18. The summed E-state index contributed by atoms with van der Waals surface area (Å²) in [6, 6.07) is 2.93. The number of hydrogen-bond donors (Lipinski definition) is 1. The number of allylic oxidation sites excluding steroid dienone is 1. The molecule has 0 heterocycles. The molecule has 0 bridgehead atoms. The van der Waals surface area contributed by atoms with Gasteiger partial charge in [0.25, 0.3) is 5.69 Å². The predicted octanol–water partition coefficient (Wildman–Crippen LogP) is 2.99. The number of ether oxygens (including phenoxy) is 2. The maximum atomic E-state index is 11.0. The fourth-order valence-electron chi connectivity index (χ4n) is 1.62. The average molecular weight is 266 g/mol. The van der Waals surface area contributed by atoms with Gasteiger partial charge in [-0.05, 0) is 13.3 Å². The Bertz CT molecular complexity index is 472. The molecule has 1 aromatic rings. The van der Waals surface area contributed by atoms with Gasteiger partial charge in [0.1, 0.15) is 5.69 Å². The predicted molar refractivity (Wildman–Crippen MR) is 74.1 cm³/mol. The van der Waals surface area contributed by atoms with Gasteiger partial charge in [-0.15, -0.1) is 0 Å². The smallest absolute Gasteiger partial charge is 0.296 e. The number of hydrogen-bond acceptors (Lipinski definition) is 5. The normalized spacial score (nSPS) is 10.5. The second kappa shape index (κ2) is 7.25. The summed E-state index contributed by atoms with van der Waals surface area (Å²) in [7, 11) is 2.94. The van der Waals surface area contributed by atoms with E-state index in [2.05, 4.69) is 5.32 Å². The van der Waals surface area contributed by atoms with E-state index in [1.807, 2.05) is 19.1 Å². The third-order valence-corrected chi connectivity index (χ3v) is 2.56. The van der Waals surface area contributed by atoms with Crippen LogP contribution in [-0.2, 0) is 0 Å². The van der Waals surface area contributed by atoms with Crippen LogP contribution in [0.3, 0.4) is 0 Å². The summed E-state index contributed by atoms with van der Waals surface area (Å²) in [4.78, 5) is 10.6. The Morgan fingerprint density at radius 3 is 2.47 bits per heavy atom. The molecule has 0 saturated heterocycles. The van der Waals surface area contributed by atoms with Crippen molar-refractivity contribution in [3.8, 4) is 11.5 Å². The summed E-state index contributed by atoms with van der Waals surface area (Å²) >= 11 is 0. The molecular weight excluding hydrogens is 248 g/mol. The summed E-state index contributed by atoms with van der Waals surface area (Å²) in [6.45, 7) is 2.54. The van der Waals surface area contributed by atoms with Crippen molar-refractivity contribution in [2.24, 2.45) is 0 Å². The Morgan fingerprint density at radius 2 is 1.95 bits per heavy atom. The van der Waals surface area contributed by atoms with E-state index in [-0.39, 0.29) is 5.69 Å². The van der Waals surface area contributed by atoms with Crippen LogP contribution in [0.5, 0.6) is 11.5 Å². The van der Waals surface area contributed by atoms with E-state index in [0.29, 0.717) is 23.7 Å². The Hall–Kier alpha value is -2.24. The van der Waals surface area contributed by atoms with Gasteiger partial charge in [0.15, 0.2) is 11.5 Å². The molecule has 1 rings (SSSR count). The second-order valence-corrected chi connectivity index (χ2v) is 3.77. The van der Waals surface area contributed by atoms with Crippen LogP contribution in [0, 0.1) is 10.1 Å². The maximum absolute atomic E-state index is 11.0. The van der Waals surface area contributed by atoms with E-state index in [9.17, 15) is 10.1 Å². The minimum atomic E-state index is -0.444. The molecule has 0 aliphatic carbocycles. The van der Waals surface area contributed by atoms with Crippen LogP contribution in [0.2, 0.25) is 0 Å². The lowest BCUT2D eigenvalue weighted by molar-refractivity contribution is -0.384. The quantitative estimate of drug-likeness (QED) is 0.355. The second-order valence-electron chi connectivity index (χ2n) is 3.77. The molecular formula is C13H18N2O4. The summed E-state index contributed by atoms with van der Waals surface area (Å²) < 4.78 is 10.2. The van der Waals surface area contributed by atoms with Crippen LogP contribution in [0.4, 0.5) is 11.4 Å². The van der Waals surface area contributed by atoms with Crippen LogP contribution < -0.4 is 14.8 Å². The van der Waals surface area contributed by atoms with Crippen molar-refractivity contribution in [2.45, 2.75) is 13.3 Å². The van der Waals surface area contributed by atoms with Gasteiger partial charge in [0.2, 0.25) is 0 Å². The van der Waals surface area contributed by atoms with Crippen molar-refractivity contribution >= 4 is 11.4 Å². The Morgan fingerprint density at radius 1 is 1.32 bits per heavy atom. The molecule has 104 valence electrons. The van der Waals surface area contributed by atoms with Crippen LogP contribution >= 0.6 is 0 Å². The Kier molecular flexibility index (Phi) is 5.66. The van der Waals surface area contributed by atoms with Crippen LogP contribution in [0.25, 0.3) is 0 Å². The average Bonchev–Trinajstić information content (AvgIpc) is 2.42. The van der Waals surface area contributed by atoms with E-state index in [1.165, 1.54) is 20.3 Å². The van der Waals surface area contributed by atoms with Crippen molar-refractivity contribution < 1.29 is 14.4 Å². The highest BCUT2D eigenvalue weighted by Crippen LogP contribution is 2.37. The summed E-state index contributed by atoms with van der Waals surface area (Å²) in [6.07, 6.45) is 4.71. The minimum absolute atomic E-state index is 0.0295. The van der Waals surface area contributed by atoms with E-state index >= 15 is 0 Å². The zero-order chi connectivity index (χ0) is 14.3. The Balaban J connectivity index is 3.02. The molecule has 1 aromatic carbocycles. The molecule has 0 unspecified atom stereocenters. The Labute approximate surface area is 112 Å². The number of nitro groups is 1. The molecule has 0 aliphatic heterocycles. The highest BCUT2D eigenvalue weighted by atomic mass is 16.6. The van der Waals surface area contributed by atoms with Gasteiger partial charge in [0, 0.05) is 12.6 Å². The van der Waals surface area contributed by atoms with Gasteiger partial charge < -0.3 is 14.8 Å². The molecule has 0 radical (unpaired) electrons. The first-order valence-corrected chi connectivity index (χ1v) is 5.89. The largest absolute Gasteiger partial charge is 0.493 e. The van der Waals surface area contributed by atoms with Gasteiger partial charge in [0.05, 0.1) is 25.2 Å². The van der Waals surface area contributed by atoms with E-state index in [4.69, 9.17) is 9.47 Å². The summed E-state index contributed by atoms with van der Waals surface area (Å²) in [5.74, 6) is 0.801. The van der Waals surface area contributed by atoms with Gasteiger partial charge >= 0.3 is 0 Å². The number of nitro benzene ring substituents is 1. The maximum Gasteiger partial charge on any atom is 0.296 e. The molecule has 0 aromatic heterocycles. The van der Waals surface area contributed by atoms with Crippen LogP contribution in [-0.4, -0.2) is 25.7 Å². The zero-order valence-electron chi connectivity index (χ0n) is 11.3. The number of nitrogens with zero attached hydrogens (tertiary/aromatic N) is 1. The molecule has 0 aliphatic rings. The van der Waals surface area contributed by atoms with Crippen molar-refractivity contribution in [1.82, 2.24) is 0 Å². The summed E-state index contributed by atoms with van der Waals surface area (Å²) in [5.41, 5.74) is 0.394. The fourth-order valence-corrected chi connectivity index (χ4v) is 1.62. The van der Waals surface area contributed by atoms with Crippen molar-refractivity contribution in [1.29, 1.82) is 0 Å². The zero-order valence-corrected chi connectivity index (χ0v) is 11.3. The molecule has 1 N–H and O–H groups in total. The number of rotatable bonds is 7. The highest BCUT2D eigenvalue weighted by molar-refractivity contribution is 5.68. The van der Waals surface area contributed by atoms with Crippen LogP contribution in [0.15, 0.2) is 24.3 Å². The van der Waals surface area contributed by atoms with Crippen molar-refractivity contribution in [2.75, 3.05) is 26.1 Å². The van der Waals surface area contributed by atoms with Gasteiger partial charge in [-0.25, -0.2) is 0 Å². The molecule has 6 heteroatoms. The van der Waals surface area contributed by atoms with E-state index in [0.717, 1.165) is 6.42 Å². The number of nitrogens with one attached hydrogen (secondary N) is 1. The van der Waals surface area contributed by atoms with Gasteiger partial charge in [-0.2, -0.15) is 0 Å². The summed E-state index contributed by atoms with van der Waals surface area (Å²) in [5, 5.41) is 14.1. The molecule has 0 spiro atoms. The third-order valence-electron chi connectivity index (χ3n) is 2.56. The molecule has 6 nitrogen and oxygen atoms in total. The molecule has 0 amide bonds. The first kappa shape index (κ1) is 14.8. The topological polar surface area (TPSA) is 73.6 Å². The standard InChI is InChI=1S/C13H18N2O4/c1-4-5-6-7-14-10-8-12(18-2)13(19-3)9-11(10)15(16)17/h4-5,8-9,14H,6-7H2,1-3H3/b5-4+. The first-order chi connectivity index (χ1) is 9.13. The fraction of sp³-hybridized carbons (Fsp3) is 0.385. The monoisotopic (exact) mass is 266 g/mol. The molecule has 0 atom stereocenters. The van der Waals surface area contributed by atoms with Crippen molar-refractivity contribution in [3.05, 3.63) is 34.4 Å². The van der Waals surface area contributed by atoms with Crippen LogP contribution in [0.1, 0.15) is 13.3 Å². The lowest BCUT2D eigenvalue weighted by Gasteiger charge is -2.11.